The van der Waals surface area contributed by atoms with Crippen LogP contribution < -0.4 is 16.5 Å². The minimum atomic E-state index is -1.22. The summed E-state index contributed by atoms with van der Waals surface area (Å²) in [5.74, 6) is -3.82. The summed E-state index contributed by atoms with van der Waals surface area (Å²) in [5, 5.41) is 2.58. The molecule has 0 aliphatic heterocycles. The van der Waals surface area contributed by atoms with E-state index in [0.717, 1.165) is 6.07 Å². The lowest BCUT2D eigenvalue weighted by Crippen LogP contribution is -2.27. The minimum absolute atomic E-state index is 0.0124. The maximum absolute atomic E-state index is 13.9. The number of nitrogens with one attached hydrogen (secondary N) is 2. The van der Waals surface area contributed by atoms with Crippen LogP contribution in [0.1, 0.15) is 10.4 Å². The first-order valence-corrected chi connectivity index (χ1v) is 7.83. The molecule has 2 aromatic rings. The number of carbonyl (C=O) groups excluding carboxylic acids is 1. The zero-order valence-corrected chi connectivity index (χ0v) is 14.4. The number of halogens is 4. The van der Waals surface area contributed by atoms with Crippen molar-refractivity contribution < 1.29 is 22.8 Å². The van der Waals surface area contributed by atoms with Gasteiger partial charge in [-0.3, -0.25) is 9.63 Å². The van der Waals surface area contributed by atoms with Gasteiger partial charge >= 0.3 is 0 Å². The number of hydrogen-bond donors (Lipinski definition) is 3. The number of hydroxylamine groups is 1. The fourth-order valence-electron chi connectivity index (χ4n) is 1.80. The van der Waals surface area contributed by atoms with Crippen LogP contribution in [0.4, 0.5) is 24.5 Å². The third-order valence-electron chi connectivity index (χ3n) is 2.89. The maximum Gasteiger partial charge on any atom is 0.277 e. The monoisotopic (exact) mass is 451 g/mol. The van der Waals surface area contributed by atoms with Gasteiger partial charge in [0.25, 0.3) is 5.91 Å². The van der Waals surface area contributed by atoms with Crippen LogP contribution in [0.25, 0.3) is 0 Å². The normalized spacial score (nSPS) is 10.5. The van der Waals surface area contributed by atoms with Crippen molar-refractivity contribution in [1.29, 1.82) is 0 Å². The number of rotatable bonds is 6. The van der Waals surface area contributed by atoms with Crippen LogP contribution in [0.5, 0.6) is 0 Å². The second-order valence-corrected chi connectivity index (χ2v) is 5.88. The van der Waals surface area contributed by atoms with E-state index >= 15 is 0 Å². The summed E-state index contributed by atoms with van der Waals surface area (Å²) in [7, 11) is 0. The highest BCUT2D eigenvalue weighted by Gasteiger charge is 2.17. The number of nitrogens with two attached hydrogens (primary N) is 1. The van der Waals surface area contributed by atoms with Crippen molar-refractivity contribution in [1.82, 2.24) is 5.48 Å². The molecule has 0 saturated carbocycles. The Morgan fingerprint density at radius 2 is 1.79 bits per heavy atom. The van der Waals surface area contributed by atoms with Gasteiger partial charge in [-0.1, -0.05) is 0 Å². The van der Waals surface area contributed by atoms with Crippen molar-refractivity contribution in [3.05, 3.63) is 56.9 Å². The Hall–Kier alpha value is -1.85. The van der Waals surface area contributed by atoms with E-state index in [-0.39, 0.29) is 30.1 Å². The van der Waals surface area contributed by atoms with Crippen molar-refractivity contribution in [2.24, 2.45) is 5.73 Å². The van der Waals surface area contributed by atoms with Crippen molar-refractivity contribution in [3.63, 3.8) is 0 Å². The Labute approximate surface area is 149 Å². The second-order valence-electron chi connectivity index (χ2n) is 4.63. The highest BCUT2D eigenvalue weighted by atomic mass is 127. The predicted molar refractivity (Wildman–Crippen MR) is 91.2 cm³/mol. The molecule has 0 fully saturated rings. The molecule has 5 nitrogen and oxygen atoms in total. The minimum Gasteiger partial charge on any atom is -0.352 e. The zero-order valence-electron chi connectivity index (χ0n) is 12.2. The first kappa shape index (κ1) is 18.5. The molecule has 0 saturated heterocycles. The fraction of sp³-hybridized carbons (Fsp3) is 0.133. The van der Waals surface area contributed by atoms with Crippen LogP contribution in [0, 0.1) is 21.0 Å². The first-order valence-electron chi connectivity index (χ1n) is 6.75. The van der Waals surface area contributed by atoms with Crippen LogP contribution in [-0.2, 0) is 4.84 Å². The van der Waals surface area contributed by atoms with Crippen LogP contribution in [-0.4, -0.2) is 19.1 Å². The van der Waals surface area contributed by atoms with Gasteiger partial charge in [-0.15, -0.1) is 0 Å². The van der Waals surface area contributed by atoms with E-state index < -0.39 is 23.4 Å². The molecule has 24 heavy (non-hydrogen) atoms. The number of anilines is 2. The number of benzene rings is 2. The molecule has 128 valence electrons. The molecule has 1 amide bonds. The molecule has 0 aliphatic rings. The Morgan fingerprint density at radius 1 is 1.08 bits per heavy atom. The lowest BCUT2D eigenvalue weighted by molar-refractivity contribution is 0.0344. The van der Waals surface area contributed by atoms with Crippen LogP contribution in [0.15, 0.2) is 30.3 Å². The van der Waals surface area contributed by atoms with Crippen molar-refractivity contribution in [2.75, 3.05) is 18.5 Å². The topological polar surface area (TPSA) is 76.4 Å². The van der Waals surface area contributed by atoms with Gasteiger partial charge in [-0.25, -0.2) is 18.7 Å². The molecule has 0 heterocycles. The third-order valence-corrected chi connectivity index (χ3v) is 3.56. The fourth-order valence-corrected chi connectivity index (χ4v) is 2.26. The predicted octanol–water partition coefficient (Wildman–Crippen LogP) is 3.07. The van der Waals surface area contributed by atoms with Crippen LogP contribution >= 0.6 is 22.6 Å². The van der Waals surface area contributed by atoms with E-state index in [2.05, 4.69) is 10.8 Å². The number of amides is 1. The SMILES string of the molecule is NCCONC(=O)c1cc(F)c(F)cc1Nc1ccc(I)cc1F. The third kappa shape index (κ3) is 4.58. The molecule has 0 atom stereocenters. The molecule has 0 spiro atoms. The van der Waals surface area contributed by atoms with Crippen LogP contribution in [0.2, 0.25) is 0 Å². The molecular formula is C15H13F3IN3O2. The first-order chi connectivity index (χ1) is 11.4. The maximum atomic E-state index is 13.9. The van der Waals surface area contributed by atoms with Gasteiger partial charge in [-0.05, 0) is 46.9 Å². The van der Waals surface area contributed by atoms with E-state index in [1.165, 1.54) is 12.1 Å². The molecular weight excluding hydrogens is 438 g/mol. The standard InChI is InChI=1S/C15H13F3IN3O2/c16-10-6-9(15(23)22-24-4-3-20)14(7-11(10)17)21-13-2-1-8(19)5-12(13)18/h1-2,5-7,21H,3-4,20H2,(H,22,23). The molecule has 2 aromatic carbocycles. The molecule has 2 rings (SSSR count). The highest BCUT2D eigenvalue weighted by Crippen LogP contribution is 2.26. The summed E-state index contributed by atoms with van der Waals surface area (Å²) in [6.45, 7) is 0.209. The quantitative estimate of drug-likeness (QED) is 0.359. The number of carbonyl (C=O) groups is 1. The molecule has 0 radical (unpaired) electrons. The van der Waals surface area contributed by atoms with Gasteiger partial charge in [-0.2, -0.15) is 0 Å². The van der Waals surface area contributed by atoms with E-state index in [1.54, 1.807) is 6.07 Å². The van der Waals surface area contributed by atoms with Gasteiger partial charge in [0, 0.05) is 16.2 Å². The van der Waals surface area contributed by atoms with Crippen LogP contribution in [0.3, 0.4) is 0 Å². The van der Waals surface area contributed by atoms with Gasteiger partial charge in [0.05, 0.1) is 23.5 Å². The van der Waals surface area contributed by atoms with Crippen molar-refractivity contribution >= 4 is 39.9 Å². The Bertz CT molecular complexity index is 759. The Morgan fingerprint density at radius 3 is 2.46 bits per heavy atom. The van der Waals surface area contributed by atoms with E-state index in [1.807, 2.05) is 22.6 Å². The number of hydrogen-bond acceptors (Lipinski definition) is 4. The highest BCUT2D eigenvalue weighted by molar-refractivity contribution is 14.1. The smallest absolute Gasteiger partial charge is 0.277 e. The van der Waals surface area contributed by atoms with Gasteiger partial charge in [0.15, 0.2) is 11.6 Å². The molecule has 0 aromatic heterocycles. The summed E-state index contributed by atoms with van der Waals surface area (Å²) in [5.41, 5.74) is 6.93. The molecule has 0 aliphatic carbocycles. The van der Waals surface area contributed by atoms with E-state index in [0.29, 0.717) is 9.64 Å². The summed E-state index contributed by atoms with van der Waals surface area (Å²) < 4.78 is 41.6. The molecule has 4 N–H and O–H groups in total. The zero-order chi connectivity index (χ0) is 17.7. The Balaban J connectivity index is 2.33. The van der Waals surface area contributed by atoms with Gasteiger partial charge in [0.1, 0.15) is 5.82 Å². The van der Waals surface area contributed by atoms with E-state index in [4.69, 9.17) is 10.6 Å². The second kappa shape index (κ2) is 8.31. The van der Waals surface area contributed by atoms with Gasteiger partial charge in [0.2, 0.25) is 0 Å². The average molecular weight is 451 g/mol. The summed E-state index contributed by atoms with van der Waals surface area (Å²) in [6.07, 6.45) is 0. The average Bonchev–Trinajstić information content (AvgIpc) is 2.53. The van der Waals surface area contributed by atoms with Crippen molar-refractivity contribution in [3.8, 4) is 0 Å². The van der Waals surface area contributed by atoms with Gasteiger partial charge < -0.3 is 11.1 Å². The van der Waals surface area contributed by atoms with Crippen molar-refractivity contribution in [2.45, 2.75) is 0 Å². The Kier molecular flexibility index (Phi) is 6.40. The lowest BCUT2D eigenvalue weighted by Gasteiger charge is -2.13. The summed E-state index contributed by atoms with van der Waals surface area (Å²) >= 11 is 1.93. The molecule has 0 bridgehead atoms. The summed E-state index contributed by atoms with van der Waals surface area (Å²) in [6, 6.07) is 5.77. The van der Waals surface area contributed by atoms with E-state index in [9.17, 15) is 18.0 Å². The largest absolute Gasteiger partial charge is 0.352 e. The molecule has 9 heteroatoms. The summed E-state index contributed by atoms with van der Waals surface area (Å²) in [4.78, 5) is 16.8. The lowest BCUT2D eigenvalue weighted by atomic mass is 10.1. The molecule has 0 unspecified atom stereocenters.